The van der Waals surface area contributed by atoms with Crippen LogP contribution in [0.15, 0.2) is 24.3 Å². The first-order chi connectivity index (χ1) is 8.45. The summed E-state index contributed by atoms with van der Waals surface area (Å²) in [7, 11) is 1.81. The monoisotopic (exact) mass is 359 g/mol. The topological polar surface area (TPSA) is 21.3 Å². The number of ether oxygens (including phenoxy) is 1. The molecule has 0 saturated heterocycles. The number of rotatable bonds is 4. The lowest BCUT2D eigenvalue weighted by Crippen LogP contribution is -2.60. The molecular formula is C15H22INO. The fraction of sp³-hybridized carbons (Fsp3) is 0.600. The van der Waals surface area contributed by atoms with Gasteiger partial charge in [0.25, 0.3) is 0 Å². The summed E-state index contributed by atoms with van der Waals surface area (Å²) in [6, 6.07) is 9.68. The molecule has 1 saturated carbocycles. The van der Waals surface area contributed by atoms with Gasteiger partial charge < -0.3 is 10.1 Å². The van der Waals surface area contributed by atoms with Gasteiger partial charge in [0.2, 0.25) is 0 Å². The van der Waals surface area contributed by atoms with Crippen LogP contribution < -0.4 is 5.32 Å². The van der Waals surface area contributed by atoms with Crippen LogP contribution in [0.3, 0.4) is 0 Å². The lowest BCUT2D eigenvalue weighted by Gasteiger charge is -2.52. The molecule has 0 amide bonds. The molecule has 0 aliphatic heterocycles. The highest BCUT2D eigenvalue weighted by Gasteiger charge is 2.48. The molecule has 1 N–H and O–H groups in total. The molecule has 1 aromatic carbocycles. The van der Waals surface area contributed by atoms with E-state index < -0.39 is 0 Å². The van der Waals surface area contributed by atoms with Gasteiger partial charge in [-0.3, -0.25) is 0 Å². The summed E-state index contributed by atoms with van der Waals surface area (Å²) in [6.07, 6.45) is 1.50. The van der Waals surface area contributed by atoms with Gasteiger partial charge in [-0.1, -0.05) is 26.0 Å². The smallest absolute Gasteiger partial charge is 0.0652 e. The van der Waals surface area contributed by atoms with Crippen molar-refractivity contribution < 1.29 is 4.74 Å². The van der Waals surface area contributed by atoms with Crippen molar-refractivity contribution in [2.75, 3.05) is 7.11 Å². The van der Waals surface area contributed by atoms with E-state index in [1.54, 1.807) is 0 Å². The molecule has 1 aromatic rings. The van der Waals surface area contributed by atoms with Crippen LogP contribution >= 0.6 is 22.6 Å². The van der Waals surface area contributed by atoms with Crippen molar-refractivity contribution in [3.8, 4) is 0 Å². The Morgan fingerprint density at radius 1 is 1.33 bits per heavy atom. The molecule has 18 heavy (non-hydrogen) atoms. The molecule has 3 unspecified atom stereocenters. The van der Waals surface area contributed by atoms with Crippen LogP contribution in [0, 0.1) is 8.99 Å². The third kappa shape index (κ3) is 2.73. The van der Waals surface area contributed by atoms with Gasteiger partial charge >= 0.3 is 0 Å². The van der Waals surface area contributed by atoms with Gasteiger partial charge in [0, 0.05) is 28.2 Å². The average molecular weight is 359 g/mol. The van der Waals surface area contributed by atoms with Gasteiger partial charge in [0.15, 0.2) is 0 Å². The Hall–Kier alpha value is -0.130. The van der Waals surface area contributed by atoms with Crippen molar-refractivity contribution in [2.45, 2.75) is 45.4 Å². The van der Waals surface area contributed by atoms with E-state index in [1.165, 1.54) is 9.13 Å². The van der Waals surface area contributed by atoms with E-state index in [0.717, 1.165) is 6.42 Å². The molecule has 0 bridgehead atoms. The number of halogens is 1. The molecule has 1 fully saturated rings. The van der Waals surface area contributed by atoms with Crippen LogP contribution in [-0.4, -0.2) is 19.3 Å². The Kier molecular flexibility index (Phi) is 4.34. The maximum absolute atomic E-state index is 5.49. The highest BCUT2D eigenvalue weighted by molar-refractivity contribution is 14.1. The molecule has 100 valence electrons. The Balaban J connectivity index is 1.97. The van der Waals surface area contributed by atoms with E-state index in [-0.39, 0.29) is 5.41 Å². The number of hydrogen-bond acceptors (Lipinski definition) is 2. The predicted molar refractivity (Wildman–Crippen MR) is 83.7 cm³/mol. The number of nitrogens with one attached hydrogen (secondary N) is 1. The largest absolute Gasteiger partial charge is 0.381 e. The van der Waals surface area contributed by atoms with Crippen molar-refractivity contribution in [3.63, 3.8) is 0 Å². The first-order valence-electron chi connectivity index (χ1n) is 6.49. The van der Waals surface area contributed by atoms with Crippen LogP contribution in [0.4, 0.5) is 0 Å². The summed E-state index contributed by atoms with van der Waals surface area (Å²) in [6.45, 7) is 6.80. The standard InChI is InChI=1S/C15H22INO/c1-10(11-5-7-12(16)8-6-11)17-13-9-14(18-4)15(13,2)3/h5-8,10,13-14,17H,9H2,1-4H3. The second-order valence-electron chi connectivity index (χ2n) is 5.77. The Labute approximate surface area is 124 Å². The molecular weight excluding hydrogens is 337 g/mol. The fourth-order valence-electron chi connectivity index (χ4n) is 2.72. The molecule has 0 heterocycles. The van der Waals surface area contributed by atoms with Crippen LogP contribution in [0.1, 0.15) is 38.8 Å². The zero-order valence-corrected chi connectivity index (χ0v) is 13.7. The predicted octanol–water partition coefficient (Wildman–Crippen LogP) is 3.76. The molecule has 3 heteroatoms. The van der Waals surface area contributed by atoms with Crippen LogP contribution in [0.25, 0.3) is 0 Å². The minimum Gasteiger partial charge on any atom is -0.381 e. The second kappa shape index (κ2) is 5.47. The fourth-order valence-corrected chi connectivity index (χ4v) is 3.08. The normalized spacial score (nSPS) is 27.6. The minimum atomic E-state index is 0.228. The summed E-state index contributed by atoms with van der Waals surface area (Å²) in [5.74, 6) is 0. The first kappa shape index (κ1) is 14.3. The lowest BCUT2D eigenvalue weighted by molar-refractivity contribution is -0.0999. The molecule has 0 spiro atoms. The van der Waals surface area contributed by atoms with Crippen molar-refractivity contribution in [1.82, 2.24) is 5.32 Å². The van der Waals surface area contributed by atoms with E-state index in [0.29, 0.717) is 18.2 Å². The van der Waals surface area contributed by atoms with Crippen molar-refractivity contribution in [2.24, 2.45) is 5.41 Å². The van der Waals surface area contributed by atoms with Gasteiger partial charge in [-0.15, -0.1) is 0 Å². The first-order valence-corrected chi connectivity index (χ1v) is 7.57. The summed E-state index contributed by atoms with van der Waals surface area (Å²) >= 11 is 2.34. The van der Waals surface area contributed by atoms with Crippen LogP contribution in [0.2, 0.25) is 0 Å². The van der Waals surface area contributed by atoms with E-state index in [4.69, 9.17) is 4.74 Å². The van der Waals surface area contributed by atoms with E-state index in [1.807, 2.05) is 7.11 Å². The molecule has 1 aliphatic carbocycles. The van der Waals surface area contributed by atoms with Crippen molar-refractivity contribution in [1.29, 1.82) is 0 Å². The highest BCUT2D eigenvalue weighted by Crippen LogP contribution is 2.43. The van der Waals surface area contributed by atoms with Crippen molar-refractivity contribution in [3.05, 3.63) is 33.4 Å². The number of methoxy groups -OCH3 is 1. The third-order valence-corrected chi connectivity index (χ3v) is 5.00. The lowest BCUT2D eigenvalue weighted by atomic mass is 9.64. The second-order valence-corrected chi connectivity index (χ2v) is 7.02. The quantitative estimate of drug-likeness (QED) is 0.827. The molecule has 3 atom stereocenters. The zero-order chi connectivity index (χ0) is 13.3. The Bertz CT molecular complexity index is 401. The SMILES string of the molecule is COC1CC(NC(C)c2ccc(I)cc2)C1(C)C. The van der Waals surface area contributed by atoms with Crippen LogP contribution in [-0.2, 0) is 4.74 Å². The molecule has 1 aliphatic rings. The maximum atomic E-state index is 5.49. The highest BCUT2D eigenvalue weighted by atomic mass is 127. The molecule has 0 aromatic heterocycles. The molecule has 2 rings (SSSR count). The van der Waals surface area contributed by atoms with Gasteiger partial charge in [-0.2, -0.15) is 0 Å². The van der Waals surface area contributed by atoms with Crippen molar-refractivity contribution >= 4 is 22.6 Å². The summed E-state index contributed by atoms with van der Waals surface area (Å²) in [5, 5.41) is 3.72. The minimum absolute atomic E-state index is 0.228. The van der Waals surface area contributed by atoms with E-state index in [2.05, 4.69) is 72.9 Å². The van der Waals surface area contributed by atoms with Gasteiger partial charge in [-0.05, 0) is 53.6 Å². The van der Waals surface area contributed by atoms with Gasteiger partial charge in [0.1, 0.15) is 0 Å². The van der Waals surface area contributed by atoms with E-state index >= 15 is 0 Å². The maximum Gasteiger partial charge on any atom is 0.0652 e. The number of hydrogen-bond donors (Lipinski definition) is 1. The molecule has 0 radical (unpaired) electrons. The van der Waals surface area contributed by atoms with Gasteiger partial charge in [-0.25, -0.2) is 0 Å². The Morgan fingerprint density at radius 3 is 2.44 bits per heavy atom. The summed E-state index contributed by atoms with van der Waals surface area (Å²) < 4.78 is 6.78. The molecule has 2 nitrogen and oxygen atoms in total. The number of benzene rings is 1. The average Bonchev–Trinajstić information content (AvgIpc) is 2.34. The third-order valence-electron chi connectivity index (χ3n) is 4.28. The zero-order valence-electron chi connectivity index (χ0n) is 11.5. The summed E-state index contributed by atoms with van der Waals surface area (Å²) in [5.41, 5.74) is 1.58. The summed E-state index contributed by atoms with van der Waals surface area (Å²) in [4.78, 5) is 0. The van der Waals surface area contributed by atoms with Gasteiger partial charge in [0.05, 0.1) is 6.10 Å². The van der Waals surface area contributed by atoms with E-state index in [9.17, 15) is 0 Å². The Morgan fingerprint density at radius 2 is 1.94 bits per heavy atom. The van der Waals surface area contributed by atoms with Crippen LogP contribution in [0.5, 0.6) is 0 Å².